The number of ketones is 2. The van der Waals surface area contributed by atoms with Gasteiger partial charge in [0.15, 0.2) is 5.78 Å². The second kappa shape index (κ2) is 9.58. The van der Waals surface area contributed by atoms with Crippen molar-refractivity contribution in [1.29, 1.82) is 0 Å². The summed E-state index contributed by atoms with van der Waals surface area (Å²) in [6, 6.07) is 10.8. The first-order valence-corrected chi connectivity index (χ1v) is 9.46. The fraction of sp³-hybridized carbons (Fsp3) is 0.500. The largest absolute Gasteiger partial charge is 0.317 e. The normalized spacial score (nSPS) is 24.0. The molecule has 1 aliphatic heterocycles. The van der Waals surface area contributed by atoms with Gasteiger partial charge >= 0.3 is 0 Å². The average Bonchev–Trinajstić information content (AvgIpc) is 2.67. The SMILES string of the molecule is C=C1CC(=O)CC(C=O)(CC)C1=O.c1ccc(CC2CCNCC2)cc1. The molecule has 4 nitrogen and oxygen atoms in total. The lowest BCUT2D eigenvalue weighted by atomic mass is 9.70. The summed E-state index contributed by atoms with van der Waals surface area (Å²) in [4.78, 5) is 33.6. The van der Waals surface area contributed by atoms with Gasteiger partial charge in [-0.2, -0.15) is 0 Å². The van der Waals surface area contributed by atoms with Gasteiger partial charge in [-0.3, -0.25) is 9.59 Å². The van der Waals surface area contributed by atoms with E-state index in [9.17, 15) is 14.4 Å². The van der Waals surface area contributed by atoms with Crippen molar-refractivity contribution in [3.05, 3.63) is 48.0 Å². The highest BCUT2D eigenvalue weighted by molar-refractivity contribution is 6.15. The summed E-state index contributed by atoms with van der Waals surface area (Å²) >= 11 is 0. The standard InChI is InChI=1S/C12H17N.C10H12O3/c1-2-4-11(5-3-1)10-12-6-8-13-9-7-12;1-3-10(6-11)5-8(12)4-7(2)9(10)13/h1-5,12-13H,6-10H2;6H,2-5H2,1H3. The number of carbonyl (C=O) groups excluding carboxylic acids is 3. The monoisotopic (exact) mass is 355 g/mol. The zero-order valence-electron chi connectivity index (χ0n) is 15.6. The molecule has 0 amide bonds. The van der Waals surface area contributed by atoms with E-state index >= 15 is 0 Å². The number of aldehydes is 1. The predicted octanol–water partition coefficient (Wildman–Crippen LogP) is 3.30. The first kappa shape index (κ1) is 20.2. The van der Waals surface area contributed by atoms with Crippen LogP contribution in [-0.4, -0.2) is 30.9 Å². The molecule has 0 spiro atoms. The molecule has 0 radical (unpaired) electrons. The number of hydrogen-bond donors (Lipinski definition) is 1. The third kappa shape index (κ3) is 5.21. The van der Waals surface area contributed by atoms with E-state index in [0.29, 0.717) is 12.7 Å². The van der Waals surface area contributed by atoms with Crippen LogP contribution >= 0.6 is 0 Å². The van der Waals surface area contributed by atoms with Crippen molar-refractivity contribution >= 4 is 17.9 Å². The number of rotatable bonds is 4. The number of benzene rings is 1. The van der Waals surface area contributed by atoms with E-state index in [1.165, 1.54) is 37.9 Å². The van der Waals surface area contributed by atoms with Gasteiger partial charge in [0.05, 0.1) is 5.41 Å². The second-order valence-corrected chi connectivity index (χ2v) is 7.34. The van der Waals surface area contributed by atoms with Gasteiger partial charge < -0.3 is 10.1 Å². The van der Waals surface area contributed by atoms with Crippen LogP contribution in [-0.2, 0) is 20.8 Å². The molecule has 2 aliphatic rings. The summed E-state index contributed by atoms with van der Waals surface area (Å²) in [6.07, 6.45) is 5.07. The smallest absolute Gasteiger partial charge is 0.172 e. The Morgan fingerprint density at radius 2 is 1.85 bits per heavy atom. The van der Waals surface area contributed by atoms with E-state index in [2.05, 4.69) is 42.2 Å². The van der Waals surface area contributed by atoms with Crippen LogP contribution in [0.2, 0.25) is 0 Å². The highest BCUT2D eigenvalue weighted by atomic mass is 16.2. The third-order valence-corrected chi connectivity index (χ3v) is 5.38. The number of piperidine rings is 1. The van der Waals surface area contributed by atoms with Gasteiger partial charge in [0.25, 0.3) is 0 Å². The highest BCUT2D eigenvalue weighted by Gasteiger charge is 2.43. The van der Waals surface area contributed by atoms with Gasteiger partial charge in [-0.05, 0) is 55.8 Å². The van der Waals surface area contributed by atoms with E-state index in [0.717, 1.165) is 5.92 Å². The van der Waals surface area contributed by atoms with Crippen LogP contribution in [0.4, 0.5) is 0 Å². The van der Waals surface area contributed by atoms with E-state index in [4.69, 9.17) is 0 Å². The summed E-state index contributed by atoms with van der Waals surface area (Å²) in [5, 5.41) is 3.40. The van der Waals surface area contributed by atoms with Crippen LogP contribution in [0.3, 0.4) is 0 Å². The van der Waals surface area contributed by atoms with Crippen LogP contribution in [0.15, 0.2) is 42.5 Å². The molecule has 1 aromatic rings. The minimum Gasteiger partial charge on any atom is -0.317 e. The minimum atomic E-state index is -1.10. The Labute approximate surface area is 156 Å². The summed E-state index contributed by atoms with van der Waals surface area (Å²) in [5.74, 6) is 0.576. The molecule has 1 saturated heterocycles. The molecule has 3 rings (SSSR count). The summed E-state index contributed by atoms with van der Waals surface area (Å²) in [6.45, 7) is 7.65. The van der Waals surface area contributed by atoms with E-state index in [-0.39, 0.29) is 30.0 Å². The second-order valence-electron chi connectivity index (χ2n) is 7.34. The maximum atomic E-state index is 11.6. The Kier molecular flexibility index (Phi) is 7.46. The van der Waals surface area contributed by atoms with Crippen molar-refractivity contribution in [3.63, 3.8) is 0 Å². The molecule has 1 aromatic carbocycles. The van der Waals surface area contributed by atoms with Crippen LogP contribution in [0.1, 0.15) is 44.6 Å². The van der Waals surface area contributed by atoms with Crippen LogP contribution in [0, 0.1) is 11.3 Å². The first-order valence-electron chi connectivity index (χ1n) is 9.46. The summed E-state index contributed by atoms with van der Waals surface area (Å²) in [5.41, 5.74) is 0.659. The predicted molar refractivity (Wildman–Crippen MR) is 103 cm³/mol. The first-order chi connectivity index (χ1) is 12.5. The van der Waals surface area contributed by atoms with Crippen LogP contribution < -0.4 is 5.32 Å². The summed E-state index contributed by atoms with van der Waals surface area (Å²) < 4.78 is 0. The van der Waals surface area contributed by atoms with Gasteiger partial charge in [-0.15, -0.1) is 0 Å². The van der Waals surface area contributed by atoms with Crippen molar-refractivity contribution in [2.24, 2.45) is 11.3 Å². The van der Waals surface area contributed by atoms with E-state index < -0.39 is 5.41 Å². The quantitative estimate of drug-likeness (QED) is 0.511. The minimum absolute atomic E-state index is 0.0465. The van der Waals surface area contributed by atoms with Gasteiger partial charge in [-0.1, -0.05) is 43.8 Å². The molecule has 1 aliphatic carbocycles. The molecular weight excluding hydrogens is 326 g/mol. The molecule has 26 heavy (non-hydrogen) atoms. The number of nitrogens with one attached hydrogen (secondary N) is 1. The highest BCUT2D eigenvalue weighted by Crippen LogP contribution is 2.34. The molecule has 2 fully saturated rings. The number of hydrogen-bond acceptors (Lipinski definition) is 4. The van der Waals surface area contributed by atoms with Gasteiger partial charge in [0.2, 0.25) is 0 Å². The van der Waals surface area contributed by atoms with Crippen LogP contribution in [0.5, 0.6) is 0 Å². The lowest BCUT2D eigenvalue weighted by Gasteiger charge is -2.29. The number of carbonyl (C=O) groups is 3. The molecule has 1 N–H and O–H groups in total. The van der Waals surface area contributed by atoms with Gasteiger partial charge in [0.1, 0.15) is 12.1 Å². The van der Waals surface area contributed by atoms with Crippen molar-refractivity contribution in [1.82, 2.24) is 5.32 Å². The van der Waals surface area contributed by atoms with Gasteiger partial charge in [-0.25, -0.2) is 0 Å². The molecule has 1 atom stereocenters. The zero-order chi connectivity index (χ0) is 19.0. The molecule has 1 saturated carbocycles. The van der Waals surface area contributed by atoms with Crippen molar-refractivity contribution in [2.75, 3.05) is 13.1 Å². The Morgan fingerprint density at radius 1 is 1.19 bits per heavy atom. The fourth-order valence-electron chi connectivity index (χ4n) is 3.66. The topological polar surface area (TPSA) is 63.2 Å². The Morgan fingerprint density at radius 3 is 2.42 bits per heavy atom. The molecule has 1 heterocycles. The van der Waals surface area contributed by atoms with E-state index in [1.54, 1.807) is 6.92 Å². The maximum Gasteiger partial charge on any atom is 0.172 e. The molecule has 140 valence electrons. The molecule has 0 aromatic heterocycles. The van der Waals surface area contributed by atoms with Crippen molar-refractivity contribution in [3.8, 4) is 0 Å². The lowest BCUT2D eigenvalue weighted by molar-refractivity contribution is -0.140. The third-order valence-electron chi connectivity index (χ3n) is 5.38. The molecule has 0 bridgehead atoms. The average molecular weight is 355 g/mol. The lowest BCUT2D eigenvalue weighted by Crippen LogP contribution is -2.40. The van der Waals surface area contributed by atoms with Crippen molar-refractivity contribution < 1.29 is 14.4 Å². The van der Waals surface area contributed by atoms with Gasteiger partial charge in [0, 0.05) is 12.8 Å². The molecular formula is C22H29NO3. The maximum absolute atomic E-state index is 11.6. The molecule has 4 heteroatoms. The fourth-order valence-corrected chi connectivity index (χ4v) is 3.66. The Hall–Kier alpha value is -2.07. The van der Waals surface area contributed by atoms with Crippen molar-refractivity contribution in [2.45, 2.75) is 45.4 Å². The summed E-state index contributed by atoms with van der Waals surface area (Å²) in [7, 11) is 0. The zero-order valence-corrected chi connectivity index (χ0v) is 15.6. The number of allylic oxidation sites excluding steroid dienone is 1. The van der Waals surface area contributed by atoms with Crippen LogP contribution in [0.25, 0.3) is 0 Å². The molecule has 1 unspecified atom stereocenters. The number of Topliss-reactive ketones (excluding diaryl/α,β-unsaturated/α-hetero) is 2. The Bertz CT molecular complexity index is 647. The Balaban J connectivity index is 0.000000187. The van der Waals surface area contributed by atoms with E-state index in [1.807, 2.05) is 0 Å².